The maximum atomic E-state index is 11.6. The molecular weight excluding hydrogens is 252 g/mol. The van der Waals surface area contributed by atoms with Crippen LogP contribution in [0.2, 0.25) is 0 Å². The fourth-order valence-corrected chi connectivity index (χ4v) is 3.09. The summed E-state index contributed by atoms with van der Waals surface area (Å²) in [6, 6.07) is 15.7. The second-order valence-electron chi connectivity index (χ2n) is 5.06. The van der Waals surface area contributed by atoms with Crippen molar-refractivity contribution >= 4 is 16.7 Å². The van der Waals surface area contributed by atoms with E-state index in [1.165, 1.54) is 0 Å². The molecule has 2 atom stereocenters. The molecule has 2 aromatic rings. The summed E-state index contributed by atoms with van der Waals surface area (Å²) in [5, 5.41) is 23.8. The molecule has 2 aromatic carbocycles. The average molecular weight is 266 g/mol. The van der Waals surface area contributed by atoms with Crippen molar-refractivity contribution < 1.29 is 9.90 Å². The highest BCUT2D eigenvalue weighted by atomic mass is 16.4. The number of hydrogen-bond donors (Lipinski definition) is 2. The highest BCUT2D eigenvalue weighted by Crippen LogP contribution is 2.39. The third kappa shape index (κ3) is 1.68. The monoisotopic (exact) mass is 266 g/mol. The first-order valence-corrected chi connectivity index (χ1v) is 6.56. The molecule has 1 aliphatic rings. The normalized spacial score (nSPS) is 25.4. The Balaban J connectivity index is 2.21. The van der Waals surface area contributed by atoms with Crippen LogP contribution in [0, 0.1) is 11.3 Å². The number of benzene rings is 2. The molecule has 20 heavy (non-hydrogen) atoms. The van der Waals surface area contributed by atoms with Gasteiger partial charge in [0, 0.05) is 5.92 Å². The molecule has 0 aliphatic carbocycles. The zero-order valence-electron chi connectivity index (χ0n) is 10.8. The summed E-state index contributed by atoms with van der Waals surface area (Å²) in [6.07, 6.45) is 0.647. The zero-order chi connectivity index (χ0) is 14.2. The summed E-state index contributed by atoms with van der Waals surface area (Å²) in [4.78, 5) is 11.6. The largest absolute Gasteiger partial charge is 0.479 e. The molecular formula is C16H14N2O2. The van der Waals surface area contributed by atoms with Gasteiger partial charge in [0.05, 0.1) is 6.07 Å². The second kappa shape index (κ2) is 4.62. The van der Waals surface area contributed by atoms with Gasteiger partial charge in [-0.1, -0.05) is 42.5 Å². The Morgan fingerprint density at radius 2 is 2.05 bits per heavy atom. The molecule has 0 amide bonds. The molecule has 1 fully saturated rings. The van der Waals surface area contributed by atoms with Gasteiger partial charge in [-0.2, -0.15) is 5.26 Å². The van der Waals surface area contributed by atoms with E-state index in [1.807, 2.05) is 48.5 Å². The lowest BCUT2D eigenvalue weighted by molar-refractivity contribution is -0.142. The SMILES string of the molecule is N#C[C@]1(C(=O)O)NCCC1c1cccc2ccccc12. The summed E-state index contributed by atoms with van der Waals surface area (Å²) < 4.78 is 0. The average Bonchev–Trinajstić information content (AvgIpc) is 2.91. The van der Waals surface area contributed by atoms with E-state index in [0.717, 1.165) is 16.3 Å². The molecule has 3 rings (SSSR count). The van der Waals surface area contributed by atoms with Gasteiger partial charge < -0.3 is 5.11 Å². The summed E-state index contributed by atoms with van der Waals surface area (Å²) >= 11 is 0. The fourth-order valence-electron chi connectivity index (χ4n) is 3.09. The van der Waals surface area contributed by atoms with Crippen LogP contribution < -0.4 is 5.32 Å². The van der Waals surface area contributed by atoms with Gasteiger partial charge >= 0.3 is 5.97 Å². The molecule has 1 aliphatic heterocycles. The van der Waals surface area contributed by atoms with Crippen LogP contribution in [0.1, 0.15) is 17.9 Å². The minimum atomic E-state index is -1.52. The number of nitriles is 1. The summed E-state index contributed by atoms with van der Waals surface area (Å²) in [6.45, 7) is 0.535. The fraction of sp³-hybridized carbons (Fsp3) is 0.250. The van der Waals surface area contributed by atoms with Crippen LogP contribution in [0.15, 0.2) is 42.5 Å². The second-order valence-corrected chi connectivity index (χ2v) is 5.06. The Labute approximate surface area is 116 Å². The molecule has 0 bridgehead atoms. The van der Waals surface area contributed by atoms with Crippen molar-refractivity contribution in [3.05, 3.63) is 48.0 Å². The van der Waals surface area contributed by atoms with Crippen molar-refractivity contribution in [2.75, 3.05) is 6.54 Å². The van der Waals surface area contributed by atoms with Gasteiger partial charge in [-0.25, -0.2) is 4.79 Å². The molecule has 0 radical (unpaired) electrons. The summed E-state index contributed by atoms with van der Waals surface area (Å²) in [5.41, 5.74) is -0.596. The Hall–Kier alpha value is -2.38. The molecule has 2 N–H and O–H groups in total. The number of aliphatic carboxylic acids is 1. The lowest BCUT2D eigenvalue weighted by Gasteiger charge is -2.25. The first kappa shape index (κ1) is 12.6. The molecule has 100 valence electrons. The predicted octanol–water partition coefficient (Wildman–Crippen LogP) is 2.26. The number of rotatable bonds is 2. The van der Waals surface area contributed by atoms with E-state index in [4.69, 9.17) is 0 Å². The number of carbonyl (C=O) groups is 1. The number of hydrogen-bond acceptors (Lipinski definition) is 3. The first-order valence-electron chi connectivity index (χ1n) is 6.56. The molecule has 0 spiro atoms. The number of carboxylic acids is 1. The third-order valence-electron chi connectivity index (χ3n) is 4.07. The standard InChI is InChI=1S/C16H14N2O2/c17-10-16(15(19)20)14(8-9-18-16)13-7-3-5-11-4-1-2-6-12(11)13/h1-7,14,18H,8-9H2,(H,19,20)/t14?,16-/m0/s1. The zero-order valence-corrected chi connectivity index (χ0v) is 10.8. The van der Waals surface area contributed by atoms with E-state index in [9.17, 15) is 15.2 Å². The highest BCUT2D eigenvalue weighted by molar-refractivity contribution is 5.90. The molecule has 1 unspecified atom stereocenters. The van der Waals surface area contributed by atoms with Crippen molar-refractivity contribution in [2.24, 2.45) is 0 Å². The summed E-state index contributed by atoms with van der Waals surface area (Å²) in [7, 11) is 0. The van der Waals surface area contributed by atoms with Crippen molar-refractivity contribution in [1.29, 1.82) is 5.26 Å². The van der Waals surface area contributed by atoms with Crippen LogP contribution >= 0.6 is 0 Å². The third-order valence-corrected chi connectivity index (χ3v) is 4.07. The van der Waals surface area contributed by atoms with Crippen molar-refractivity contribution in [3.8, 4) is 6.07 Å². The summed E-state index contributed by atoms with van der Waals surface area (Å²) in [5.74, 6) is -1.44. The van der Waals surface area contributed by atoms with E-state index >= 15 is 0 Å². The molecule has 0 saturated carbocycles. The van der Waals surface area contributed by atoms with Crippen LogP contribution in [-0.4, -0.2) is 23.2 Å². The molecule has 1 saturated heterocycles. The Kier molecular flexibility index (Phi) is 2.92. The Bertz CT molecular complexity index is 714. The van der Waals surface area contributed by atoms with Crippen LogP contribution in [0.25, 0.3) is 10.8 Å². The number of carboxylic acid groups (broad SMARTS) is 1. The molecule has 4 heteroatoms. The lowest BCUT2D eigenvalue weighted by atomic mass is 9.79. The van der Waals surface area contributed by atoms with Crippen LogP contribution in [0.3, 0.4) is 0 Å². The van der Waals surface area contributed by atoms with Gasteiger partial charge in [0.25, 0.3) is 0 Å². The maximum absolute atomic E-state index is 11.6. The van der Waals surface area contributed by atoms with Gasteiger partial charge in [0.15, 0.2) is 0 Å². The van der Waals surface area contributed by atoms with Crippen LogP contribution in [0.5, 0.6) is 0 Å². The first-order chi connectivity index (χ1) is 9.69. The Morgan fingerprint density at radius 1 is 1.30 bits per heavy atom. The minimum absolute atomic E-state index is 0.337. The van der Waals surface area contributed by atoms with Gasteiger partial charge in [-0.3, -0.25) is 5.32 Å². The van der Waals surface area contributed by atoms with E-state index in [-0.39, 0.29) is 5.92 Å². The predicted molar refractivity (Wildman–Crippen MR) is 75.3 cm³/mol. The van der Waals surface area contributed by atoms with Gasteiger partial charge in [-0.05, 0) is 29.3 Å². The quantitative estimate of drug-likeness (QED) is 0.874. The number of fused-ring (bicyclic) bond motifs is 1. The van der Waals surface area contributed by atoms with Crippen LogP contribution in [0.4, 0.5) is 0 Å². The van der Waals surface area contributed by atoms with Crippen LogP contribution in [-0.2, 0) is 4.79 Å². The van der Waals surface area contributed by atoms with Gasteiger partial charge in [0.2, 0.25) is 5.54 Å². The minimum Gasteiger partial charge on any atom is -0.479 e. The highest BCUT2D eigenvalue weighted by Gasteiger charge is 2.51. The topological polar surface area (TPSA) is 73.1 Å². The van der Waals surface area contributed by atoms with E-state index in [0.29, 0.717) is 13.0 Å². The molecule has 4 nitrogen and oxygen atoms in total. The molecule has 1 heterocycles. The maximum Gasteiger partial charge on any atom is 0.339 e. The van der Waals surface area contributed by atoms with Crippen molar-refractivity contribution in [2.45, 2.75) is 17.9 Å². The number of nitrogens with one attached hydrogen (secondary N) is 1. The van der Waals surface area contributed by atoms with Crippen molar-refractivity contribution in [3.63, 3.8) is 0 Å². The molecule has 0 aromatic heterocycles. The lowest BCUT2D eigenvalue weighted by Crippen LogP contribution is -2.50. The number of nitrogens with zero attached hydrogens (tertiary/aromatic N) is 1. The van der Waals surface area contributed by atoms with E-state index < -0.39 is 11.5 Å². The van der Waals surface area contributed by atoms with Crippen molar-refractivity contribution in [1.82, 2.24) is 5.32 Å². The smallest absolute Gasteiger partial charge is 0.339 e. The Morgan fingerprint density at radius 3 is 2.80 bits per heavy atom. The van der Waals surface area contributed by atoms with E-state index in [2.05, 4.69) is 5.32 Å². The van der Waals surface area contributed by atoms with Gasteiger partial charge in [-0.15, -0.1) is 0 Å². The van der Waals surface area contributed by atoms with E-state index in [1.54, 1.807) is 0 Å². The van der Waals surface area contributed by atoms with Gasteiger partial charge in [0.1, 0.15) is 0 Å².